The first kappa shape index (κ1) is 11.7. The number of hydrogen-bond acceptors (Lipinski definition) is 1. The third-order valence-corrected chi connectivity index (χ3v) is 4.50. The maximum Gasteiger partial charge on any atom is 0.0930 e. The molecule has 0 aliphatic carbocycles. The van der Waals surface area contributed by atoms with Crippen molar-refractivity contribution in [2.24, 2.45) is 0 Å². The summed E-state index contributed by atoms with van der Waals surface area (Å²) in [5.41, 5.74) is 3.74. The average Bonchev–Trinajstić information content (AvgIpc) is 2.58. The van der Waals surface area contributed by atoms with E-state index in [0.29, 0.717) is 0 Å². The SMILES string of the molecule is Cc1ccc(C(Cl)c2sc(C)cc2C)cc1. The molecule has 2 heteroatoms. The highest BCUT2D eigenvalue weighted by atomic mass is 35.5. The number of aryl methyl sites for hydroxylation is 3. The average molecular weight is 251 g/mol. The number of benzene rings is 1. The first-order valence-corrected chi connectivity index (χ1v) is 6.61. The van der Waals surface area contributed by atoms with Crippen LogP contribution in [0.4, 0.5) is 0 Å². The van der Waals surface area contributed by atoms with Gasteiger partial charge in [-0.05, 0) is 38.0 Å². The summed E-state index contributed by atoms with van der Waals surface area (Å²) in [6.07, 6.45) is 0. The fourth-order valence-electron chi connectivity index (χ4n) is 1.80. The van der Waals surface area contributed by atoms with Crippen LogP contribution in [0, 0.1) is 20.8 Å². The van der Waals surface area contributed by atoms with E-state index in [2.05, 4.69) is 51.1 Å². The summed E-state index contributed by atoms with van der Waals surface area (Å²) in [7, 11) is 0. The molecule has 0 radical (unpaired) electrons. The van der Waals surface area contributed by atoms with Gasteiger partial charge in [-0.2, -0.15) is 0 Å². The minimum atomic E-state index is -0.0145. The predicted molar refractivity (Wildman–Crippen MR) is 72.7 cm³/mol. The summed E-state index contributed by atoms with van der Waals surface area (Å²) in [6, 6.07) is 10.6. The van der Waals surface area contributed by atoms with Crippen LogP contribution < -0.4 is 0 Å². The number of alkyl halides is 1. The van der Waals surface area contributed by atoms with Crippen LogP contribution >= 0.6 is 22.9 Å². The van der Waals surface area contributed by atoms with E-state index in [4.69, 9.17) is 11.6 Å². The Hall–Kier alpha value is -0.790. The van der Waals surface area contributed by atoms with Gasteiger partial charge in [0.05, 0.1) is 5.38 Å². The second-order valence-electron chi connectivity index (χ2n) is 4.18. The fourth-order valence-corrected chi connectivity index (χ4v) is 3.29. The van der Waals surface area contributed by atoms with Crippen molar-refractivity contribution in [1.82, 2.24) is 0 Å². The van der Waals surface area contributed by atoms with Crippen LogP contribution in [0.1, 0.15) is 31.8 Å². The molecule has 0 nitrogen and oxygen atoms in total. The van der Waals surface area contributed by atoms with Crippen LogP contribution in [0.25, 0.3) is 0 Å². The summed E-state index contributed by atoms with van der Waals surface area (Å²) in [5.74, 6) is 0. The maximum absolute atomic E-state index is 6.51. The minimum Gasteiger partial charge on any atom is -0.143 e. The Labute approximate surface area is 106 Å². The molecule has 84 valence electrons. The van der Waals surface area contributed by atoms with E-state index in [0.717, 1.165) is 0 Å². The molecule has 16 heavy (non-hydrogen) atoms. The molecule has 0 amide bonds. The zero-order chi connectivity index (χ0) is 11.7. The van der Waals surface area contributed by atoms with Crippen molar-refractivity contribution >= 4 is 22.9 Å². The van der Waals surface area contributed by atoms with E-state index < -0.39 is 0 Å². The number of thiophene rings is 1. The second-order valence-corrected chi connectivity index (χ2v) is 5.90. The molecule has 1 aromatic heterocycles. The molecule has 1 atom stereocenters. The molecule has 0 fully saturated rings. The van der Waals surface area contributed by atoms with Gasteiger partial charge in [-0.1, -0.05) is 29.8 Å². The highest BCUT2D eigenvalue weighted by Crippen LogP contribution is 2.36. The van der Waals surface area contributed by atoms with Gasteiger partial charge in [-0.15, -0.1) is 22.9 Å². The van der Waals surface area contributed by atoms with Gasteiger partial charge in [0.2, 0.25) is 0 Å². The summed E-state index contributed by atoms with van der Waals surface area (Å²) in [4.78, 5) is 2.59. The van der Waals surface area contributed by atoms with Crippen molar-refractivity contribution in [3.05, 3.63) is 56.8 Å². The van der Waals surface area contributed by atoms with Gasteiger partial charge >= 0.3 is 0 Å². The lowest BCUT2D eigenvalue weighted by Crippen LogP contribution is -1.91. The molecule has 0 N–H and O–H groups in total. The zero-order valence-electron chi connectivity index (χ0n) is 9.75. The Morgan fingerprint density at radius 3 is 2.19 bits per heavy atom. The smallest absolute Gasteiger partial charge is 0.0930 e. The van der Waals surface area contributed by atoms with Crippen molar-refractivity contribution < 1.29 is 0 Å². The Kier molecular flexibility index (Phi) is 3.36. The van der Waals surface area contributed by atoms with Crippen molar-refractivity contribution in [1.29, 1.82) is 0 Å². The first-order valence-electron chi connectivity index (χ1n) is 5.35. The quantitative estimate of drug-likeness (QED) is 0.658. The van der Waals surface area contributed by atoms with Crippen LogP contribution in [0.15, 0.2) is 30.3 Å². The van der Waals surface area contributed by atoms with Crippen molar-refractivity contribution in [3.8, 4) is 0 Å². The van der Waals surface area contributed by atoms with Gasteiger partial charge in [0, 0.05) is 9.75 Å². The molecule has 2 rings (SSSR count). The zero-order valence-corrected chi connectivity index (χ0v) is 11.3. The molecule has 0 bridgehead atoms. The van der Waals surface area contributed by atoms with Crippen LogP contribution in [0.5, 0.6) is 0 Å². The molecular weight excluding hydrogens is 236 g/mol. The first-order chi connectivity index (χ1) is 7.58. The van der Waals surface area contributed by atoms with Crippen LogP contribution in [-0.2, 0) is 0 Å². The summed E-state index contributed by atoms with van der Waals surface area (Å²) in [5, 5.41) is -0.0145. The summed E-state index contributed by atoms with van der Waals surface area (Å²) >= 11 is 8.30. The molecule has 1 heterocycles. The van der Waals surface area contributed by atoms with Crippen LogP contribution in [0.3, 0.4) is 0 Å². The normalized spacial score (nSPS) is 12.8. The van der Waals surface area contributed by atoms with Gasteiger partial charge in [0.1, 0.15) is 0 Å². The molecule has 0 saturated carbocycles. The Bertz CT molecular complexity index is 482. The van der Waals surface area contributed by atoms with E-state index >= 15 is 0 Å². The van der Waals surface area contributed by atoms with E-state index in [1.165, 1.54) is 26.4 Å². The second kappa shape index (κ2) is 4.60. The molecule has 1 unspecified atom stereocenters. The third kappa shape index (κ3) is 2.31. The van der Waals surface area contributed by atoms with E-state index in [-0.39, 0.29) is 5.38 Å². The molecule has 0 aliphatic heterocycles. The lowest BCUT2D eigenvalue weighted by Gasteiger charge is -2.09. The monoisotopic (exact) mass is 250 g/mol. The van der Waals surface area contributed by atoms with Gasteiger partial charge in [-0.3, -0.25) is 0 Å². The largest absolute Gasteiger partial charge is 0.143 e. The summed E-state index contributed by atoms with van der Waals surface area (Å²) < 4.78 is 0. The Balaban J connectivity index is 2.35. The van der Waals surface area contributed by atoms with E-state index in [1.54, 1.807) is 11.3 Å². The minimum absolute atomic E-state index is 0.0145. The highest BCUT2D eigenvalue weighted by molar-refractivity contribution is 7.12. The van der Waals surface area contributed by atoms with Crippen LogP contribution in [-0.4, -0.2) is 0 Å². The molecule has 0 aliphatic rings. The Morgan fingerprint density at radius 2 is 1.69 bits per heavy atom. The lowest BCUT2D eigenvalue weighted by atomic mass is 10.1. The molecule has 1 aromatic carbocycles. The number of hydrogen-bond donors (Lipinski definition) is 0. The fraction of sp³-hybridized carbons (Fsp3) is 0.286. The predicted octanol–water partition coefficient (Wildman–Crippen LogP) is 5.00. The van der Waals surface area contributed by atoms with Crippen molar-refractivity contribution in [2.45, 2.75) is 26.1 Å². The van der Waals surface area contributed by atoms with Gasteiger partial charge in [-0.25, -0.2) is 0 Å². The molecule has 0 saturated heterocycles. The lowest BCUT2D eigenvalue weighted by molar-refractivity contribution is 1.15. The number of halogens is 1. The van der Waals surface area contributed by atoms with E-state index in [9.17, 15) is 0 Å². The van der Waals surface area contributed by atoms with Crippen molar-refractivity contribution in [2.75, 3.05) is 0 Å². The molecular formula is C14H15ClS. The molecule has 0 spiro atoms. The van der Waals surface area contributed by atoms with Crippen molar-refractivity contribution in [3.63, 3.8) is 0 Å². The standard InChI is InChI=1S/C14H15ClS/c1-9-4-6-12(7-5-9)13(15)14-10(2)8-11(3)16-14/h4-8,13H,1-3H3. The summed E-state index contributed by atoms with van der Waals surface area (Å²) in [6.45, 7) is 6.34. The van der Waals surface area contributed by atoms with Gasteiger partial charge in [0.25, 0.3) is 0 Å². The van der Waals surface area contributed by atoms with Crippen LogP contribution in [0.2, 0.25) is 0 Å². The van der Waals surface area contributed by atoms with Gasteiger partial charge < -0.3 is 0 Å². The highest BCUT2D eigenvalue weighted by Gasteiger charge is 2.15. The third-order valence-electron chi connectivity index (χ3n) is 2.68. The Morgan fingerprint density at radius 1 is 1.06 bits per heavy atom. The molecule has 2 aromatic rings. The maximum atomic E-state index is 6.51. The van der Waals surface area contributed by atoms with Gasteiger partial charge in [0.15, 0.2) is 0 Å². The topological polar surface area (TPSA) is 0 Å². The van der Waals surface area contributed by atoms with E-state index in [1.807, 2.05) is 0 Å². The number of rotatable bonds is 2.